The summed E-state index contributed by atoms with van der Waals surface area (Å²) >= 11 is 0. The van der Waals surface area contributed by atoms with E-state index in [9.17, 15) is 0 Å². The maximum atomic E-state index is 5.94. The quantitative estimate of drug-likeness (QED) is 0.581. The molecule has 0 aliphatic carbocycles. The summed E-state index contributed by atoms with van der Waals surface area (Å²) < 4.78 is 0. The fraction of sp³-hybridized carbons (Fsp3) is 1.00. The molecule has 0 aromatic heterocycles. The van der Waals surface area contributed by atoms with Crippen molar-refractivity contribution in [3.63, 3.8) is 0 Å². The molecule has 1 atom stereocenters. The van der Waals surface area contributed by atoms with Crippen LogP contribution < -0.4 is 5.73 Å². The minimum atomic E-state index is 0.211. The van der Waals surface area contributed by atoms with Crippen molar-refractivity contribution in [1.82, 2.24) is 4.90 Å². The second-order valence-electron chi connectivity index (χ2n) is 5.10. The first kappa shape index (κ1) is 15.9. The number of nitrogens with two attached hydrogens (primary N) is 1. The predicted molar refractivity (Wildman–Crippen MR) is 73.8 cm³/mol. The fourth-order valence-electron chi connectivity index (χ4n) is 2.15. The third-order valence-corrected chi connectivity index (χ3v) is 3.74. The Morgan fingerprint density at radius 3 is 2.06 bits per heavy atom. The van der Waals surface area contributed by atoms with E-state index in [1.165, 1.54) is 45.2 Å². The van der Waals surface area contributed by atoms with Crippen molar-refractivity contribution < 1.29 is 0 Å². The van der Waals surface area contributed by atoms with Crippen LogP contribution in [0.3, 0.4) is 0 Å². The molecular weight excluding hydrogens is 196 g/mol. The Morgan fingerprint density at radius 1 is 0.938 bits per heavy atom. The molecular formula is C14H32N2. The first-order valence-electron chi connectivity index (χ1n) is 7.09. The van der Waals surface area contributed by atoms with Gasteiger partial charge in [0.1, 0.15) is 0 Å². The predicted octanol–water partition coefficient (Wildman–Crippen LogP) is 3.41. The molecule has 2 heteroatoms. The van der Waals surface area contributed by atoms with E-state index in [0.717, 1.165) is 13.0 Å². The van der Waals surface area contributed by atoms with Crippen LogP contribution in [-0.4, -0.2) is 30.1 Å². The van der Waals surface area contributed by atoms with E-state index in [4.69, 9.17) is 5.73 Å². The van der Waals surface area contributed by atoms with E-state index < -0.39 is 0 Å². The van der Waals surface area contributed by atoms with Crippen LogP contribution in [0.2, 0.25) is 0 Å². The van der Waals surface area contributed by atoms with Gasteiger partial charge in [-0.3, -0.25) is 4.90 Å². The second-order valence-corrected chi connectivity index (χ2v) is 5.10. The molecule has 0 amide bonds. The van der Waals surface area contributed by atoms with Crippen molar-refractivity contribution in [2.45, 2.75) is 71.8 Å². The highest BCUT2D eigenvalue weighted by Gasteiger charge is 2.27. The number of hydrogen-bond donors (Lipinski definition) is 1. The van der Waals surface area contributed by atoms with E-state index in [1.807, 2.05) is 0 Å². The van der Waals surface area contributed by atoms with Crippen molar-refractivity contribution in [3.8, 4) is 0 Å². The number of unbranched alkanes of at least 4 members (excludes halogenated alkanes) is 3. The van der Waals surface area contributed by atoms with Gasteiger partial charge in [0.05, 0.1) is 0 Å². The van der Waals surface area contributed by atoms with Gasteiger partial charge in [-0.1, -0.05) is 40.0 Å². The first-order valence-corrected chi connectivity index (χ1v) is 7.09. The van der Waals surface area contributed by atoms with Crippen molar-refractivity contribution in [3.05, 3.63) is 0 Å². The number of rotatable bonds is 10. The summed E-state index contributed by atoms with van der Waals surface area (Å²) in [6.07, 6.45) is 7.74. The van der Waals surface area contributed by atoms with Crippen LogP contribution in [-0.2, 0) is 0 Å². The zero-order valence-electron chi connectivity index (χ0n) is 11.9. The monoisotopic (exact) mass is 228 g/mol. The Morgan fingerprint density at radius 2 is 1.62 bits per heavy atom. The van der Waals surface area contributed by atoms with Gasteiger partial charge in [0.25, 0.3) is 0 Å². The maximum Gasteiger partial charge on any atom is 0.0300 e. The lowest BCUT2D eigenvalue weighted by Crippen LogP contribution is -2.51. The molecule has 16 heavy (non-hydrogen) atoms. The lowest BCUT2D eigenvalue weighted by atomic mass is 9.95. The Balaban J connectivity index is 4.13. The smallest absolute Gasteiger partial charge is 0.0300 e. The molecule has 0 bridgehead atoms. The van der Waals surface area contributed by atoms with Crippen LogP contribution in [0.4, 0.5) is 0 Å². The van der Waals surface area contributed by atoms with Crippen LogP contribution in [0, 0.1) is 0 Å². The molecule has 2 N–H and O–H groups in total. The highest BCUT2D eigenvalue weighted by atomic mass is 15.2. The van der Waals surface area contributed by atoms with Crippen molar-refractivity contribution in [2.24, 2.45) is 5.73 Å². The van der Waals surface area contributed by atoms with Gasteiger partial charge >= 0.3 is 0 Å². The van der Waals surface area contributed by atoms with Crippen LogP contribution in [0.1, 0.15) is 66.2 Å². The van der Waals surface area contributed by atoms with Gasteiger partial charge in [-0.05, 0) is 39.3 Å². The zero-order valence-corrected chi connectivity index (χ0v) is 11.9. The van der Waals surface area contributed by atoms with Gasteiger partial charge in [0.15, 0.2) is 0 Å². The third-order valence-electron chi connectivity index (χ3n) is 3.74. The molecule has 0 aromatic carbocycles. The molecule has 0 saturated heterocycles. The van der Waals surface area contributed by atoms with Crippen LogP contribution >= 0.6 is 0 Å². The van der Waals surface area contributed by atoms with E-state index in [1.54, 1.807) is 0 Å². The topological polar surface area (TPSA) is 29.3 Å². The molecule has 0 aliphatic heterocycles. The summed E-state index contributed by atoms with van der Waals surface area (Å²) in [6, 6.07) is 0. The average Bonchev–Trinajstić information content (AvgIpc) is 2.32. The summed E-state index contributed by atoms with van der Waals surface area (Å²) in [4.78, 5) is 2.60. The molecule has 0 saturated carbocycles. The Kier molecular flexibility index (Phi) is 8.96. The van der Waals surface area contributed by atoms with Crippen LogP contribution in [0.15, 0.2) is 0 Å². The van der Waals surface area contributed by atoms with Crippen LogP contribution in [0.5, 0.6) is 0 Å². The van der Waals surface area contributed by atoms with Gasteiger partial charge in [-0.15, -0.1) is 0 Å². The van der Waals surface area contributed by atoms with E-state index in [-0.39, 0.29) is 5.54 Å². The lowest BCUT2D eigenvalue weighted by molar-refractivity contribution is 0.103. The molecule has 0 aliphatic rings. The number of hydrogen-bond acceptors (Lipinski definition) is 2. The minimum Gasteiger partial charge on any atom is -0.329 e. The summed E-state index contributed by atoms with van der Waals surface area (Å²) in [5.74, 6) is 0. The molecule has 0 rings (SSSR count). The molecule has 0 fully saturated rings. The minimum absolute atomic E-state index is 0.211. The van der Waals surface area contributed by atoms with E-state index in [0.29, 0.717) is 0 Å². The Hall–Kier alpha value is -0.0800. The normalized spacial score (nSPS) is 15.4. The summed E-state index contributed by atoms with van der Waals surface area (Å²) in [7, 11) is 0. The maximum absolute atomic E-state index is 5.94. The molecule has 98 valence electrons. The summed E-state index contributed by atoms with van der Waals surface area (Å²) in [6.45, 7) is 12.3. The van der Waals surface area contributed by atoms with Gasteiger partial charge in [-0.2, -0.15) is 0 Å². The molecule has 0 radical (unpaired) electrons. The van der Waals surface area contributed by atoms with Gasteiger partial charge < -0.3 is 5.73 Å². The molecule has 2 nitrogen and oxygen atoms in total. The summed E-state index contributed by atoms with van der Waals surface area (Å²) in [5, 5.41) is 0. The average molecular weight is 228 g/mol. The zero-order chi connectivity index (χ0) is 12.4. The van der Waals surface area contributed by atoms with E-state index >= 15 is 0 Å². The molecule has 0 spiro atoms. The third kappa shape index (κ3) is 5.31. The largest absolute Gasteiger partial charge is 0.329 e. The van der Waals surface area contributed by atoms with Crippen molar-refractivity contribution >= 4 is 0 Å². The Labute approximate surface area is 103 Å². The SMILES string of the molecule is CCCCCCN(CCC)C(C)(CC)CN. The van der Waals surface area contributed by atoms with Crippen molar-refractivity contribution in [1.29, 1.82) is 0 Å². The Bertz CT molecular complexity index is 153. The number of nitrogens with zero attached hydrogens (tertiary/aromatic N) is 1. The first-order chi connectivity index (χ1) is 7.64. The van der Waals surface area contributed by atoms with Crippen molar-refractivity contribution in [2.75, 3.05) is 19.6 Å². The highest BCUT2D eigenvalue weighted by Crippen LogP contribution is 2.19. The van der Waals surface area contributed by atoms with Gasteiger partial charge in [0.2, 0.25) is 0 Å². The molecule has 0 aromatic rings. The summed E-state index contributed by atoms with van der Waals surface area (Å²) in [5.41, 5.74) is 6.15. The molecule has 1 unspecified atom stereocenters. The standard InChI is InChI=1S/C14H32N2/c1-5-8-9-10-12-16(11-6-2)14(4,7-3)13-15/h5-13,15H2,1-4H3. The van der Waals surface area contributed by atoms with E-state index in [2.05, 4.69) is 32.6 Å². The van der Waals surface area contributed by atoms with Crippen LogP contribution in [0.25, 0.3) is 0 Å². The fourth-order valence-corrected chi connectivity index (χ4v) is 2.15. The van der Waals surface area contributed by atoms with Gasteiger partial charge in [0, 0.05) is 12.1 Å². The lowest BCUT2D eigenvalue weighted by Gasteiger charge is -2.40. The molecule has 0 heterocycles. The second kappa shape index (κ2) is 9.00. The highest BCUT2D eigenvalue weighted by molar-refractivity contribution is 4.85. The van der Waals surface area contributed by atoms with Gasteiger partial charge in [-0.25, -0.2) is 0 Å².